The van der Waals surface area contributed by atoms with Crippen molar-refractivity contribution in [2.45, 2.75) is 6.42 Å². The van der Waals surface area contributed by atoms with Crippen molar-refractivity contribution in [2.24, 2.45) is 0 Å². The smallest absolute Gasteiger partial charge is 0.230 e. The second-order valence-electron chi connectivity index (χ2n) is 3.68. The monoisotopic (exact) mass is 277 g/mol. The highest BCUT2D eigenvalue weighted by Crippen LogP contribution is 2.11. The molecule has 1 heterocycles. The maximum atomic E-state index is 10.9. The summed E-state index contributed by atoms with van der Waals surface area (Å²) in [6.45, 7) is 0.660. The Morgan fingerprint density at radius 1 is 1.35 bits per heavy atom. The average molecular weight is 278 g/mol. The number of hydrogen-bond acceptors (Lipinski definition) is 6. The van der Waals surface area contributed by atoms with Crippen molar-refractivity contribution >= 4 is 34.3 Å². The van der Waals surface area contributed by atoms with Crippen molar-refractivity contribution in [1.82, 2.24) is 15.0 Å². The molecule has 0 bridgehead atoms. The third-order valence-electron chi connectivity index (χ3n) is 1.89. The summed E-state index contributed by atoms with van der Waals surface area (Å²) in [6, 6.07) is 0. The number of nitrogens with zero attached hydrogens (tertiary/aromatic N) is 4. The lowest BCUT2D eigenvalue weighted by Crippen LogP contribution is -2.16. The van der Waals surface area contributed by atoms with Crippen LogP contribution >= 0.6 is 11.6 Å². The highest BCUT2D eigenvalue weighted by Gasteiger charge is 2.05. The third-order valence-corrected chi connectivity index (χ3v) is 2.92. The molecule has 0 radical (unpaired) electrons. The van der Waals surface area contributed by atoms with Crippen LogP contribution in [0.1, 0.15) is 6.42 Å². The number of aromatic nitrogens is 3. The van der Waals surface area contributed by atoms with E-state index in [0.29, 0.717) is 24.2 Å². The van der Waals surface area contributed by atoms with E-state index in [0.717, 1.165) is 6.42 Å². The molecule has 0 aliphatic heterocycles. The molecule has 0 amide bonds. The van der Waals surface area contributed by atoms with E-state index in [-0.39, 0.29) is 5.28 Å². The largest absolute Gasteiger partial charge is 0.354 e. The minimum atomic E-state index is -0.767. The molecule has 8 heteroatoms. The SMILES string of the molecule is CN(C)c1nc(Cl)nc(NCCCS(C)=O)n1. The predicted molar refractivity (Wildman–Crippen MR) is 71.2 cm³/mol. The van der Waals surface area contributed by atoms with Gasteiger partial charge in [0.05, 0.1) is 0 Å². The van der Waals surface area contributed by atoms with Gasteiger partial charge in [0.25, 0.3) is 0 Å². The first-order chi connectivity index (χ1) is 7.99. The summed E-state index contributed by atoms with van der Waals surface area (Å²) in [6.07, 6.45) is 2.48. The summed E-state index contributed by atoms with van der Waals surface area (Å²) in [4.78, 5) is 13.9. The molecular weight excluding hydrogens is 262 g/mol. The molecule has 1 unspecified atom stereocenters. The zero-order valence-corrected chi connectivity index (χ0v) is 11.7. The Balaban J connectivity index is 2.55. The highest BCUT2D eigenvalue weighted by atomic mass is 35.5. The Morgan fingerprint density at radius 3 is 2.65 bits per heavy atom. The number of anilines is 2. The zero-order valence-electron chi connectivity index (χ0n) is 10.1. The maximum Gasteiger partial charge on any atom is 0.230 e. The molecule has 6 nitrogen and oxygen atoms in total. The normalized spacial score (nSPS) is 12.2. The summed E-state index contributed by atoms with van der Waals surface area (Å²) < 4.78 is 10.9. The van der Waals surface area contributed by atoms with Gasteiger partial charge >= 0.3 is 0 Å². The lowest BCUT2D eigenvalue weighted by molar-refractivity contribution is 0.685. The molecule has 1 atom stereocenters. The van der Waals surface area contributed by atoms with Crippen molar-refractivity contribution in [2.75, 3.05) is 42.9 Å². The molecule has 17 heavy (non-hydrogen) atoms. The minimum Gasteiger partial charge on any atom is -0.354 e. The summed E-state index contributed by atoms with van der Waals surface area (Å²) in [5.74, 6) is 1.61. The fraction of sp³-hybridized carbons (Fsp3) is 0.667. The van der Waals surface area contributed by atoms with Crippen LogP contribution in [-0.2, 0) is 10.8 Å². The van der Waals surface area contributed by atoms with E-state index in [4.69, 9.17) is 11.6 Å². The average Bonchev–Trinajstić information content (AvgIpc) is 2.23. The topological polar surface area (TPSA) is 71.0 Å². The lowest BCUT2D eigenvalue weighted by Gasteiger charge is -2.11. The van der Waals surface area contributed by atoms with Gasteiger partial charge in [0.15, 0.2) is 0 Å². The van der Waals surface area contributed by atoms with Crippen LogP contribution in [0.5, 0.6) is 0 Å². The first-order valence-corrected chi connectivity index (χ1v) is 7.22. The van der Waals surface area contributed by atoms with Gasteiger partial charge in [-0.2, -0.15) is 15.0 Å². The van der Waals surface area contributed by atoms with Crippen LogP contribution in [0, 0.1) is 0 Å². The second kappa shape index (κ2) is 6.70. The van der Waals surface area contributed by atoms with Gasteiger partial charge in [-0.3, -0.25) is 4.21 Å². The van der Waals surface area contributed by atoms with E-state index < -0.39 is 10.8 Å². The quantitative estimate of drug-likeness (QED) is 0.775. The summed E-state index contributed by atoms with van der Waals surface area (Å²) in [5.41, 5.74) is 0. The summed E-state index contributed by atoms with van der Waals surface area (Å²) >= 11 is 5.78. The van der Waals surface area contributed by atoms with Crippen LogP contribution in [0.3, 0.4) is 0 Å². The molecule has 0 saturated heterocycles. The standard InChI is InChI=1S/C9H16ClN5OS/c1-15(2)9-13-7(10)12-8(14-9)11-5-4-6-17(3)16/h4-6H2,1-3H3,(H,11,12,13,14). The van der Waals surface area contributed by atoms with Crippen molar-refractivity contribution in [3.63, 3.8) is 0 Å². The van der Waals surface area contributed by atoms with Crippen LogP contribution in [0.25, 0.3) is 0 Å². The number of rotatable bonds is 6. The number of hydrogen-bond donors (Lipinski definition) is 1. The van der Waals surface area contributed by atoms with E-state index in [9.17, 15) is 4.21 Å². The van der Waals surface area contributed by atoms with E-state index >= 15 is 0 Å². The number of halogens is 1. The van der Waals surface area contributed by atoms with Crippen LogP contribution in [0.15, 0.2) is 0 Å². The minimum absolute atomic E-state index is 0.158. The van der Waals surface area contributed by atoms with Gasteiger partial charge in [0, 0.05) is 43.4 Å². The Hall–Kier alpha value is -0.950. The zero-order chi connectivity index (χ0) is 12.8. The first kappa shape index (κ1) is 14.1. The Morgan fingerprint density at radius 2 is 2.06 bits per heavy atom. The van der Waals surface area contributed by atoms with Gasteiger partial charge in [-0.1, -0.05) is 0 Å². The van der Waals surface area contributed by atoms with E-state index in [1.165, 1.54) is 0 Å². The van der Waals surface area contributed by atoms with Gasteiger partial charge < -0.3 is 10.2 Å². The fourth-order valence-corrected chi connectivity index (χ4v) is 1.80. The first-order valence-electron chi connectivity index (χ1n) is 5.12. The van der Waals surface area contributed by atoms with Gasteiger partial charge in [-0.15, -0.1) is 0 Å². The molecule has 1 N–H and O–H groups in total. The van der Waals surface area contributed by atoms with E-state index in [1.807, 2.05) is 14.1 Å². The van der Waals surface area contributed by atoms with Gasteiger partial charge in [0.2, 0.25) is 17.2 Å². The maximum absolute atomic E-state index is 10.9. The molecule has 0 aromatic carbocycles. The van der Waals surface area contributed by atoms with Crippen molar-refractivity contribution in [3.05, 3.63) is 5.28 Å². The Labute approximate surface area is 108 Å². The molecule has 0 spiro atoms. The van der Waals surface area contributed by atoms with Crippen LogP contribution in [0.4, 0.5) is 11.9 Å². The molecule has 0 aliphatic carbocycles. The molecule has 1 aromatic rings. The molecule has 0 fully saturated rings. The Kier molecular flexibility index (Phi) is 5.57. The second-order valence-corrected chi connectivity index (χ2v) is 5.57. The molecule has 1 aromatic heterocycles. The molecule has 0 saturated carbocycles. The number of nitrogens with one attached hydrogen (secondary N) is 1. The van der Waals surface area contributed by atoms with E-state index in [1.54, 1.807) is 11.2 Å². The molecule has 1 rings (SSSR count). The van der Waals surface area contributed by atoms with Gasteiger partial charge in [-0.05, 0) is 18.0 Å². The van der Waals surface area contributed by atoms with Crippen LogP contribution in [0.2, 0.25) is 5.28 Å². The molecular formula is C9H16ClN5OS. The summed E-state index contributed by atoms with van der Waals surface area (Å²) in [5, 5.41) is 3.19. The third kappa shape index (κ3) is 5.27. The highest BCUT2D eigenvalue weighted by molar-refractivity contribution is 7.84. The van der Waals surface area contributed by atoms with Crippen LogP contribution in [-0.4, -0.2) is 51.8 Å². The lowest BCUT2D eigenvalue weighted by atomic mass is 10.5. The van der Waals surface area contributed by atoms with Gasteiger partial charge in [-0.25, -0.2) is 0 Å². The predicted octanol–water partition coefficient (Wildman–Crippen LogP) is 0.771. The summed E-state index contributed by atoms with van der Waals surface area (Å²) in [7, 11) is 2.89. The molecule has 0 aliphatic rings. The van der Waals surface area contributed by atoms with Crippen molar-refractivity contribution in [1.29, 1.82) is 0 Å². The van der Waals surface area contributed by atoms with E-state index in [2.05, 4.69) is 20.3 Å². The van der Waals surface area contributed by atoms with Gasteiger partial charge in [0.1, 0.15) is 0 Å². The Bertz CT molecular complexity index is 401. The molecule has 96 valence electrons. The van der Waals surface area contributed by atoms with Crippen molar-refractivity contribution in [3.8, 4) is 0 Å². The van der Waals surface area contributed by atoms with Crippen molar-refractivity contribution < 1.29 is 4.21 Å². The fourth-order valence-electron chi connectivity index (χ4n) is 1.09. The van der Waals surface area contributed by atoms with Crippen LogP contribution < -0.4 is 10.2 Å².